The molecule has 0 bridgehead atoms. The predicted molar refractivity (Wildman–Crippen MR) is 85.8 cm³/mol. The quantitative estimate of drug-likeness (QED) is 0.865. The van der Waals surface area contributed by atoms with Gasteiger partial charge in [-0.25, -0.2) is 4.39 Å². The largest absolute Gasteiger partial charge is 0.389 e. The second-order valence-corrected chi connectivity index (χ2v) is 5.75. The van der Waals surface area contributed by atoms with Crippen LogP contribution >= 0.6 is 12.2 Å². The highest BCUT2D eigenvalue weighted by molar-refractivity contribution is 7.80. The van der Waals surface area contributed by atoms with Crippen molar-refractivity contribution >= 4 is 22.9 Å². The molecule has 1 saturated heterocycles. The minimum absolute atomic E-state index is 0.254. The van der Waals surface area contributed by atoms with Crippen LogP contribution in [0.25, 0.3) is 0 Å². The first-order valence-corrected chi connectivity index (χ1v) is 7.52. The number of hydrogen-bond acceptors (Lipinski definition) is 3. The lowest BCUT2D eigenvalue weighted by atomic mass is 10.1. The Morgan fingerprint density at radius 3 is 2.55 bits per heavy atom. The first kappa shape index (κ1) is 15.2. The van der Waals surface area contributed by atoms with Gasteiger partial charge in [0.05, 0.1) is 0 Å². The first-order valence-electron chi connectivity index (χ1n) is 7.11. The molecule has 0 spiro atoms. The summed E-state index contributed by atoms with van der Waals surface area (Å²) in [5, 5.41) is 0. The standard InChI is InChI=1S/C15H22FN3S/c1-3-11(2)18-6-8-19(9-7-18)14-5-4-12(16)10-13(14)15(17)20/h4-5,10-11H,3,6-9H2,1-2H3,(H2,17,20). The highest BCUT2D eigenvalue weighted by Crippen LogP contribution is 2.23. The number of nitrogens with zero attached hydrogens (tertiary/aromatic N) is 2. The number of halogens is 1. The van der Waals surface area contributed by atoms with Gasteiger partial charge in [-0.1, -0.05) is 19.1 Å². The highest BCUT2D eigenvalue weighted by atomic mass is 32.1. The third kappa shape index (κ3) is 3.27. The summed E-state index contributed by atoms with van der Waals surface area (Å²) in [5.74, 6) is -0.296. The Labute approximate surface area is 125 Å². The Balaban J connectivity index is 2.13. The number of benzene rings is 1. The lowest BCUT2D eigenvalue weighted by molar-refractivity contribution is 0.193. The molecule has 1 fully saturated rings. The molecule has 5 heteroatoms. The number of hydrogen-bond donors (Lipinski definition) is 1. The summed E-state index contributed by atoms with van der Waals surface area (Å²) in [6.07, 6.45) is 1.16. The van der Waals surface area contributed by atoms with Crippen LogP contribution in [0.1, 0.15) is 25.8 Å². The summed E-state index contributed by atoms with van der Waals surface area (Å²) in [5.41, 5.74) is 7.30. The fourth-order valence-corrected chi connectivity index (χ4v) is 2.81. The number of rotatable bonds is 4. The van der Waals surface area contributed by atoms with Crippen LogP contribution in [0.2, 0.25) is 0 Å². The maximum Gasteiger partial charge on any atom is 0.124 e. The molecule has 0 saturated carbocycles. The third-order valence-corrected chi connectivity index (χ3v) is 4.31. The topological polar surface area (TPSA) is 32.5 Å². The minimum atomic E-state index is -0.296. The normalized spacial score (nSPS) is 18.1. The van der Waals surface area contributed by atoms with Gasteiger partial charge >= 0.3 is 0 Å². The Kier molecular flexibility index (Phi) is 4.94. The zero-order valence-corrected chi connectivity index (χ0v) is 12.9. The van der Waals surface area contributed by atoms with E-state index in [2.05, 4.69) is 23.6 Å². The van der Waals surface area contributed by atoms with Crippen molar-refractivity contribution in [1.82, 2.24) is 4.90 Å². The maximum absolute atomic E-state index is 13.3. The van der Waals surface area contributed by atoms with Crippen molar-refractivity contribution in [1.29, 1.82) is 0 Å². The van der Waals surface area contributed by atoms with Gasteiger partial charge in [-0.05, 0) is 31.5 Å². The number of anilines is 1. The van der Waals surface area contributed by atoms with E-state index < -0.39 is 0 Å². The molecule has 1 aliphatic heterocycles. The van der Waals surface area contributed by atoms with Gasteiger partial charge in [0.1, 0.15) is 10.8 Å². The van der Waals surface area contributed by atoms with E-state index in [-0.39, 0.29) is 10.8 Å². The molecule has 1 aromatic carbocycles. The van der Waals surface area contributed by atoms with Crippen molar-refractivity contribution < 1.29 is 4.39 Å². The van der Waals surface area contributed by atoms with Crippen LogP contribution in [0, 0.1) is 5.82 Å². The molecule has 1 unspecified atom stereocenters. The SMILES string of the molecule is CCC(C)N1CCN(c2ccc(F)cc2C(N)=S)CC1. The van der Waals surface area contributed by atoms with Crippen molar-refractivity contribution in [3.8, 4) is 0 Å². The van der Waals surface area contributed by atoms with Crippen LogP contribution in [0.4, 0.5) is 10.1 Å². The van der Waals surface area contributed by atoms with Crippen LogP contribution in [0.3, 0.4) is 0 Å². The van der Waals surface area contributed by atoms with Crippen molar-refractivity contribution in [2.75, 3.05) is 31.1 Å². The number of nitrogens with two attached hydrogens (primary N) is 1. The van der Waals surface area contributed by atoms with Gasteiger partial charge in [-0.2, -0.15) is 0 Å². The summed E-state index contributed by atoms with van der Waals surface area (Å²) in [6, 6.07) is 5.29. The first-order chi connectivity index (χ1) is 9.52. The lowest BCUT2D eigenvalue weighted by Gasteiger charge is -2.39. The van der Waals surface area contributed by atoms with E-state index in [9.17, 15) is 4.39 Å². The highest BCUT2D eigenvalue weighted by Gasteiger charge is 2.22. The Hall–Kier alpha value is -1.20. The van der Waals surface area contributed by atoms with E-state index in [4.69, 9.17) is 18.0 Å². The summed E-state index contributed by atoms with van der Waals surface area (Å²) in [6.45, 7) is 8.35. The Bertz CT molecular complexity index is 484. The second-order valence-electron chi connectivity index (χ2n) is 5.31. The van der Waals surface area contributed by atoms with Gasteiger partial charge < -0.3 is 10.6 Å². The fraction of sp³-hybridized carbons (Fsp3) is 0.533. The monoisotopic (exact) mass is 295 g/mol. The molecule has 20 heavy (non-hydrogen) atoms. The van der Waals surface area contributed by atoms with Gasteiger partial charge in [0.15, 0.2) is 0 Å². The van der Waals surface area contributed by atoms with Crippen molar-refractivity contribution in [3.63, 3.8) is 0 Å². The summed E-state index contributed by atoms with van der Waals surface area (Å²) >= 11 is 5.04. The van der Waals surface area contributed by atoms with Crippen molar-refractivity contribution in [2.24, 2.45) is 5.73 Å². The molecule has 1 atom stereocenters. The molecule has 3 nitrogen and oxygen atoms in total. The number of piperazine rings is 1. The van der Waals surface area contributed by atoms with Crippen molar-refractivity contribution in [2.45, 2.75) is 26.3 Å². The van der Waals surface area contributed by atoms with Crippen LogP contribution in [0.5, 0.6) is 0 Å². The molecule has 2 rings (SSSR count). The van der Waals surface area contributed by atoms with Crippen LogP contribution in [-0.4, -0.2) is 42.1 Å². The molecular weight excluding hydrogens is 273 g/mol. The van der Waals surface area contributed by atoms with Crippen LogP contribution in [-0.2, 0) is 0 Å². The predicted octanol–water partition coefficient (Wildman–Crippen LogP) is 2.38. The molecule has 110 valence electrons. The molecule has 1 aliphatic rings. The molecule has 1 aromatic rings. The van der Waals surface area contributed by atoms with E-state index >= 15 is 0 Å². The molecule has 0 aromatic heterocycles. The summed E-state index contributed by atoms with van der Waals surface area (Å²) in [7, 11) is 0. The van der Waals surface area contributed by atoms with E-state index in [1.165, 1.54) is 12.1 Å². The van der Waals surface area contributed by atoms with Gasteiger partial charge in [0.2, 0.25) is 0 Å². The van der Waals surface area contributed by atoms with Gasteiger partial charge in [0, 0.05) is 43.5 Å². The number of thiocarbonyl (C=S) groups is 1. The minimum Gasteiger partial charge on any atom is -0.389 e. The Morgan fingerprint density at radius 2 is 2.00 bits per heavy atom. The molecule has 1 heterocycles. The smallest absolute Gasteiger partial charge is 0.124 e. The van der Waals surface area contributed by atoms with Gasteiger partial charge in [0.25, 0.3) is 0 Å². The summed E-state index contributed by atoms with van der Waals surface area (Å²) < 4.78 is 13.3. The van der Waals surface area contributed by atoms with Gasteiger partial charge in [-0.15, -0.1) is 0 Å². The molecular formula is C15H22FN3S. The fourth-order valence-electron chi connectivity index (χ4n) is 2.64. The van der Waals surface area contributed by atoms with E-state index in [0.29, 0.717) is 11.6 Å². The van der Waals surface area contributed by atoms with Crippen LogP contribution in [0.15, 0.2) is 18.2 Å². The lowest BCUT2D eigenvalue weighted by Crippen LogP contribution is -2.49. The zero-order valence-electron chi connectivity index (χ0n) is 12.1. The zero-order chi connectivity index (χ0) is 14.7. The molecule has 2 N–H and O–H groups in total. The average Bonchev–Trinajstić information content (AvgIpc) is 2.46. The molecule has 0 radical (unpaired) electrons. The Morgan fingerprint density at radius 1 is 1.35 bits per heavy atom. The average molecular weight is 295 g/mol. The van der Waals surface area contributed by atoms with Crippen LogP contribution < -0.4 is 10.6 Å². The van der Waals surface area contributed by atoms with E-state index in [0.717, 1.165) is 38.3 Å². The molecule has 0 amide bonds. The maximum atomic E-state index is 13.3. The summed E-state index contributed by atoms with van der Waals surface area (Å²) in [4.78, 5) is 4.98. The van der Waals surface area contributed by atoms with Gasteiger partial charge in [-0.3, -0.25) is 4.90 Å². The molecule has 0 aliphatic carbocycles. The second kappa shape index (κ2) is 6.50. The third-order valence-electron chi connectivity index (χ3n) is 4.09. The van der Waals surface area contributed by atoms with Crippen molar-refractivity contribution in [3.05, 3.63) is 29.6 Å². The van der Waals surface area contributed by atoms with E-state index in [1.54, 1.807) is 6.07 Å². The van der Waals surface area contributed by atoms with E-state index in [1.807, 2.05) is 0 Å².